The largest absolute Gasteiger partial charge is 0.385 e. The molecular weight excluding hydrogens is 244 g/mol. The van der Waals surface area contributed by atoms with Crippen LogP contribution in [0.25, 0.3) is 0 Å². The van der Waals surface area contributed by atoms with Crippen LogP contribution in [0.4, 0.5) is 0 Å². The number of methoxy groups -OCH3 is 1. The summed E-state index contributed by atoms with van der Waals surface area (Å²) in [5.41, 5.74) is 5.35. The van der Waals surface area contributed by atoms with Gasteiger partial charge in [-0.1, -0.05) is 70.8 Å². The molecule has 0 saturated carbocycles. The van der Waals surface area contributed by atoms with Gasteiger partial charge in [-0.2, -0.15) is 0 Å². The van der Waals surface area contributed by atoms with E-state index in [1.165, 1.54) is 22.3 Å². The second kappa shape index (κ2) is 11.2. The Labute approximate surface area is 124 Å². The molecule has 0 aliphatic rings. The van der Waals surface area contributed by atoms with Gasteiger partial charge in [0.15, 0.2) is 0 Å². The van der Waals surface area contributed by atoms with E-state index < -0.39 is 0 Å². The lowest BCUT2D eigenvalue weighted by atomic mass is 10.2. The van der Waals surface area contributed by atoms with E-state index in [0.29, 0.717) is 0 Å². The van der Waals surface area contributed by atoms with Gasteiger partial charge in [0.05, 0.1) is 0 Å². The molecule has 1 heteroatoms. The van der Waals surface area contributed by atoms with Crippen molar-refractivity contribution in [3.05, 3.63) is 70.8 Å². The summed E-state index contributed by atoms with van der Waals surface area (Å²) in [6.07, 6.45) is 0. The molecule has 0 unspecified atom stereocenters. The highest BCUT2D eigenvalue weighted by Crippen LogP contribution is 2.00. The van der Waals surface area contributed by atoms with E-state index in [9.17, 15) is 0 Å². The van der Waals surface area contributed by atoms with Gasteiger partial charge < -0.3 is 4.74 Å². The van der Waals surface area contributed by atoms with Gasteiger partial charge >= 0.3 is 0 Å². The fourth-order valence-corrected chi connectivity index (χ4v) is 1.61. The minimum atomic E-state index is 0.819. The summed E-state index contributed by atoms with van der Waals surface area (Å²) in [5.74, 6) is 0. The zero-order valence-electron chi connectivity index (χ0n) is 13.7. The van der Waals surface area contributed by atoms with E-state index in [1.54, 1.807) is 7.11 Å². The highest BCUT2D eigenvalue weighted by molar-refractivity contribution is 5.20. The first-order valence-electron chi connectivity index (χ1n) is 7.05. The molecule has 20 heavy (non-hydrogen) atoms. The molecule has 0 heterocycles. The van der Waals surface area contributed by atoms with Crippen LogP contribution in [-0.2, 0) is 4.74 Å². The molecule has 2 rings (SSSR count). The van der Waals surface area contributed by atoms with Crippen molar-refractivity contribution in [3.63, 3.8) is 0 Å². The maximum Gasteiger partial charge on any atom is 0.0433 e. The van der Waals surface area contributed by atoms with Gasteiger partial charge in [-0.25, -0.2) is 0 Å². The van der Waals surface area contributed by atoms with Crippen LogP contribution in [0.3, 0.4) is 0 Å². The molecule has 0 aliphatic carbocycles. The second-order valence-electron chi connectivity index (χ2n) is 4.89. The van der Waals surface area contributed by atoms with Crippen molar-refractivity contribution in [1.29, 1.82) is 0 Å². The van der Waals surface area contributed by atoms with Gasteiger partial charge in [0.25, 0.3) is 0 Å². The highest BCUT2D eigenvalue weighted by Gasteiger charge is 1.81. The summed E-state index contributed by atoms with van der Waals surface area (Å²) in [6.45, 7) is 11.2. The maximum atomic E-state index is 4.54. The van der Waals surface area contributed by atoms with Crippen molar-refractivity contribution in [2.24, 2.45) is 0 Å². The molecule has 0 fully saturated rings. The monoisotopic (exact) mass is 272 g/mol. The Morgan fingerprint density at radius 2 is 0.950 bits per heavy atom. The van der Waals surface area contributed by atoms with Crippen LogP contribution in [0.1, 0.15) is 29.2 Å². The molecular formula is C19H28O. The van der Waals surface area contributed by atoms with Gasteiger partial charge in [-0.15, -0.1) is 0 Å². The van der Waals surface area contributed by atoms with Crippen molar-refractivity contribution < 1.29 is 4.74 Å². The van der Waals surface area contributed by atoms with E-state index in [4.69, 9.17) is 0 Å². The zero-order chi connectivity index (χ0) is 15.4. The van der Waals surface area contributed by atoms with E-state index in [2.05, 4.69) is 81.0 Å². The van der Waals surface area contributed by atoms with E-state index in [-0.39, 0.29) is 0 Å². The minimum absolute atomic E-state index is 0.819. The molecule has 0 N–H and O–H groups in total. The van der Waals surface area contributed by atoms with E-state index >= 15 is 0 Å². The van der Waals surface area contributed by atoms with Gasteiger partial charge in [0, 0.05) is 13.7 Å². The Bertz CT molecular complexity index is 395. The molecule has 0 aliphatic heterocycles. The highest BCUT2D eigenvalue weighted by atomic mass is 16.5. The predicted molar refractivity (Wildman–Crippen MR) is 89.4 cm³/mol. The standard InChI is InChI=1S/2C8H10.C3H8O/c2*1-7-4-3-5-8(2)6-7;1-3-4-2/h2*3-6H,1-2H3;3H2,1-2H3. The topological polar surface area (TPSA) is 9.23 Å². The second-order valence-corrected chi connectivity index (χ2v) is 4.89. The third-order valence-corrected chi connectivity index (χ3v) is 2.64. The van der Waals surface area contributed by atoms with Crippen molar-refractivity contribution in [1.82, 2.24) is 0 Å². The molecule has 0 amide bonds. The van der Waals surface area contributed by atoms with Crippen LogP contribution in [0, 0.1) is 27.7 Å². The van der Waals surface area contributed by atoms with Crippen LogP contribution >= 0.6 is 0 Å². The minimum Gasteiger partial charge on any atom is -0.385 e. The number of aryl methyl sites for hydroxylation is 4. The predicted octanol–water partition coefficient (Wildman–Crippen LogP) is 5.26. The normalized spacial score (nSPS) is 8.90. The first-order valence-corrected chi connectivity index (χ1v) is 7.05. The maximum absolute atomic E-state index is 4.54. The third kappa shape index (κ3) is 10.3. The van der Waals surface area contributed by atoms with E-state index in [1.807, 2.05) is 6.92 Å². The molecule has 1 nitrogen and oxygen atoms in total. The van der Waals surface area contributed by atoms with Crippen molar-refractivity contribution in [2.75, 3.05) is 13.7 Å². The summed E-state index contributed by atoms with van der Waals surface area (Å²) in [6, 6.07) is 16.9. The average molecular weight is 272 g/mol. The number of hydrogen-bond donors (Lipinski definition) is 0. The lowest BCUT2D eigenvalue weighted by molar-refractivity contribution is 0.215. The first-order chi connectivity index (χ1) is 9.49. The lowest BCUT2D eigenvalue weighted by Crippen LogP contribution is -1.73. The Morgan fingerprint density at radius 1 is 0.700 bits per heavy atom. The molecule has 2 aromatic carbocycles. The van der Waals surface area contributed by atoms with Crippen molar-refractivity contribution in [2.45, 2.75) is 34.6 Å². The molecule has 0 spiro atoms. The quantitative estimate of drug-likeness (QED) is 0.688. The summed E-state index contributed by atoms with van der Waals surface area (Å²) < 4.78 is 4.54. The Balaban J connectivity index is 0.000000289. The molecule has 0 radical (unpaired) electrons. The molecule has 0 aromatic heterocycles. The summed E-state index contributed by atoms with van der Waals surface area (Å²) in [5, 5.41) is 0. The van der Waals surface area contributed by atoms with Gasteiger partial charge in [0.2, 0.25) is 0 Å². The molecule has 0 atom stereocenters. The fourth-order valence-electron chi connectivity index (χ4n) is 1.61. The van der Waals surface area contributed by atoms with Crippen molar-refractivity contribution >= 4 is 0 Å². The molecule has 0 saturated heterocycles. The smallest absolute Gasteiger partial charge is 0.0433 e. The first kappa shape index (κ1) is 18.4. The van der Waals surface area contributed by atoms with Crippen LogP contribution in [0.15, 0.2) is 48.5 Å². The Hall–Kier alpha value is -1.60. The van der Waals surface area contributed by atoms with Gasteiger partial charge in [0.1, 0.15) is 0 Å². The summed E-state index contributed by atoms with van der Waals surface area (Å²) in [7, 11) is 1.68. The van der Waals surface area contributed by atoms with Crippen LogP contribution < -0.4 is 0 Å². The molecule has 0 bridgehead atoms. The fraction of sp³-hybridized carbons (Fsp3) is 0.368. The van der Waals surface area contributed by atoms with Gasteiger partial charge in [-0.05, 0) is 34.6 Å². The number of benzene rings is 2. The number of ether oxygens (including phenoxy) is 1. The zero-order valence-corrected chi connectivity index (χ0v) is 13.7. The van der Waals surface area contributed by atoms with Crippen LogP contribution in [0.5, 0.6) is 0 Å². The SMILES string of the molecule is CCOC.Cc1cccc(C)c1.Cc1cccc(C)c1. The molecule has 2 aromatic rings. The molecule has 110 valence electrons. The lowest BCUT2D eigenvalue weighted by Gasteiger charge is -1.90. The summed E-state index contributed by atoms with van der Waals surface area (Å²) in [4.78, 5) is 0. The Morgan fingerprint density at radius 3 is 1.05 bits per heavy atom. The van der Waals surface area contributed by atoms with Crippen molar-refractivity contribution in [3.8, 4) is 0 Å². The summed E-state index contributed by atoms with van der Waals surface area (Å²) >= 11 is 0. The Kier molecular flexibility index (Phi) is 10.3. The van der Waals surface area contributed by atoms with Crippen LogP contribution in [-0.4, -0.2) is 13.7 Å². The van der Waals surface area contributed by atoms with E-state index in [0.717, 1.165) is 6.61 Å². The van der Waals surface area contributed by atoms with Gasteiger partial charge in [-0.3, -0.25) is 0 Å². The third-order valence-electron chi connectivity index (χ3n) is 2.64. The number of hydrogen-bond acceptors (Lipinski definition) is 1. The average Bonchev–Trinajstić information content (AvgIpc) is 2.39. The van der Waals surface area contributed by atoms with Crippen LogP contribution in [0.2, 0.25) is 0 Å². The number of rotatable bonds is 1.